The number of amides is 1. The van der Waals surface area contributed by atoms with Gasteiger partial charge < -0.3 is 0 Å². The molecule has 1 aromatic carbocycles. The molecule has 0 radical (unpaired) electrons. The average Bonchev–Trinajstić information content (AvgIpc) is 3.57. The average molecular weight is 589 g/mol. The molecule has 1 amide bonds. The van der Waals surface area contributed by atoms with Crippen LogP contribution >= 0.6 is 11.6 Å². The monoisotopic (exact) mass is 589 g/mol. The Bertz CT molecular complexity index is 1280. The van der Waals surface area contributed by atoms with Crippen LogP contribution in [-0.4, -0.2) is 68.3 Å². The molecular weight excluding hydrogens is 557 g/mol. The van der Waals surface area contributed by atoms with Crippen molar-refractivity contribution in [2.75, 3.05) is 32.7 Å². The molecule has 2 aliphatic heterocycles. The second-order valence-electron chi connectivity index (χ2n) is 9.53. The van der Waals surface area contributed by atoms with Gasteiger partial charge in [-0.3, -0.25) is 0 Å². The molecule has 196 valence electrons. The summed E-state index contributed by atoms with van der Waals surface area (Å²) < 4.78 is 12.5. The van der Waals surface area contributed by atoms with Gasteiger partial charge in [0.2, 0.25) is 0 Å². The summed E-state index contributed by atoms with van der Waals surface area (Å²) in [6.45, 7) is 4.83. The van der Waals surface area contributed by atoms with Crippen molar-refractivity contribution in [2.24, 2.45) is 0 Å². The minimum atomic E-state index is -0.846. The Kier molecular flexibility index (Phi) is 8.00. The molecule has 1 fully saturated rings. The van der Waals surface area contributed by atoms with Crippen molar-refractivity contribution < 1.29 is 14.3 Å². The zero-order valence-electron chi connectivity index (χ0n) is 21.3. The third-order valence-corrected chi connectivity index (χ3v) is 9.73. The van der Waals surface area contributed by atoms with Crippen LogP contribution in [0.25, 0.3) is 11.1 Å². The fourth-order valence-corrected chi connectivity index (χ4v) is 7.23. The van der Waals surface area contributed by atoms with Crippen molar-refractivity contribution >= 4 is 37.8 Å². The van der Waals surface area contributed by atoms with Crippen LogP contribution in [0.2, 0.25) is 5.28 Å². The van der Waals surface area contributed by atoms with E-state index < -0.39 is 5.60 Å². The van der Waals surface area contributed by atoms with Crippen molar-refractivity contribution in [3.8, 4) is 11.1 Å². The van der Waals surface area contributed by atoms with Gasteiger partial charge in [0.05, 0.1) is 0 Å². The van der Waals surface area contributed by atoms with E-state index in [1.807, 2.05) is 7.05 Å². The van der Waals surface area contributed by atoms with Crippen LogP contribution < -0.4 is 10.6 Å². The molecule has 0 aliphatic carbocycles. The Morgan fingerprint density at radius 1 is 1.27 bits per heavy atom. The van der Waals surface area contributed by atoms with E-state index in [4.69, 9.17) is 21.1 Å². The molecule has 2 aromatic heterocycles. The van der Waals surface area contributed by atoms with Crippen molar-refractivity contribution in [1.82, 2.24) is 20.2 Å². The summed E-state index contributed by atoms with van der Waals surface area (Å²) in [4.78, 5) is 26.6. The SMILES string of the molecule is CNCc1ccccc1-c1c[se]c(C(C)Nc2nc(Cl)nc3c2CN(C(=O)C2(OC)CCOCC2)C3)c1. The van der Waals surface area contributed by atoms with Gasteiger partial charge in [0, 0.05) is 0 Å². The maximum absolute atomic E-state index is 13.5. The number of ether oxygens (including phenoxy) is 2. The number of rotatable bonds is 8. The zero-order chi connectivity index (χ0) is 26.0. The summed E-state index contributed by atoms with van der Waals surface area (Å²) in [6.07, 6.45) is 1.10. The first-order valence-electron chi connectivity index (χ1n) is 12.5. The molecule has 1 unspecified atom stereocenters. The van der Waals surface area contributed by atoms with E-state index >= 15 is 0 Å². The van der Waals surface area contributed by atoms with Crippen molar-refractivity contribution in [2.45, 2.75) is 51.0 Å². The second-order valence-corrected chi connectivity index (χ2v) is 11.8. The summed E-state index contributed by atoms with van der Waals surface area (Å²) in [7, 11) is 3.57. The summed E-state index contributed by atoms with van der Waals surface area (Å²) in [5.74, 6) is 0.666. The number of aromatic nitrogens is 2. The molecule has 0 spiro atoms. The molecule has 1 saturated heterocycles. The Morgan fingerprint density at radius 3 is 2.81 bits per heavy atom. The molecule has 3 aromatic rings. The van der Waals surface area contributed by atoms with Crippen LogP contribution in [0.1, 0.15) is 47.1 Å². The number of fused-ring (bicyclic) bond motifs is 1. The second kappa shape index (κ2) is 11.2. The van der Waals surface area contributed by atoms with E-state index in [1.165, 1.54) is 21.1 Å². The third kappa shape index (κ3) is 5.35. The molecule has 2 aliphatic rings. The zero-order valence-corrected chi connectivity index (χ0v) is 23.8. The molecule has 5 rings (SSSR count). The minimum absolute atomic E-state index is 0.0256. The van der Waals surface area contributed by atoms with Gasteiger partial charge in [-0.15, -0.1) is 0 Å². The number of anilines is 1. The van der Waals surface area contributed by atoms with Gasteiger partial charge in [-0.2, -0.15) is 0 Å². The Balaban J connectivity index is 1.35. The maximum atomic E-state index is 13.5. The summed E-state index contributed by atoms with van der Waals surface area (Å²) in [5, 5.41) is 7.02. The Hall–Kier alpha value is -2.26. The summed E-state index contributed by atoms with van der Waals surface area (Å²) in [6, 6.07) is 10.9. The van der Waals surface area contributed by atoms with Crippen molar-refractivity contribution in [3.63, 3.8) is 0 Å². The van der Waals surface area contributed by atoms with Crippen LogP contribution in [0.4, 0.5) is 5.82 Å². The standard InChI is InChI=1S/C27H32ClN5O3Se/c1-17(23-12-19(16-37-23)20-7-5-4-6-18(20)13-29-2)30-24-21-14-33(15-22(21)31-26(28)32-24)25(34)27(35-3)8-10-36-11-9-27/h4-7,12,16-17,29H,8-11,13-15H2,1-3H3,(H,30,31,32). The number of carbonyl (C=O) groups is 1. The van der Waals surface area contributed by atoms with E-state index in [-0.39, 0.29) is 31.7 Å². The number of nitrogens with one attached hydrogen (secondary N) is 2. The van der Waals surface area contributed by atoms with Crippen LogP contribution in [-0.2, 0) is 33.9 Å². The molecular formula is C27H32ClN5O3Se. The van der Waals surface area contributed by atoms with Crippen LogP contribution in [0, 0.1) is 0 Å². The van der Waals surface area contributed by atoms with Gasteiger partial charge in [-0.05, 0) is 0 Å². The molecule has 0 saturated carbocycles. The first kappa shape index (κ1) is 26.4. The van der Waals surface area contributed by atoms with Gasteiger partial charge in [-0.1, -0.05) is 0 Å². The molecule has 2 N–H and O–H groups in total. The Labute approximate surface area is 228 Å². The molecule has 0 bridgehead atoms. The number of methoxy groups -OCH3 is 1. The predicted octanol–water partition coefficient (Wildman–Crippen LogP) is 3.78. The fraction of sp³-hybridized carbons (Fsp3) is 0.444. The predicted molar refractivity (Wildman–Crippen MR) is 145 cm³/mol. The van der Waals surface area contributed by atoms with Crippen LogP contribution in [0.15, 0.2) is 35.3 Å². The number of hydrogen-bond acceptors (Lipinski definition) is 7. The number of hydrogen-bond donors (Lipinski definition) is 2. The number of benzene rings is 1. The third-order valence-electron chi connectivity index (χ3n) is 7.22. The Morgan fingerprint density at radius 2 is 2.05 bits per heavy atom. The first-order chi connectivity index (χ1) is 17.9. The quantitative estimate of drug-likeness (QED) is 0.306. The molecule has 37 heavy (non-hydrogen) atoms. The van der Waals surface area contributed by atoms with Gasteiger partial charge in [0.1, 0.15) is 0 Å². The molecule has 10 heteroatoms. The van der Waals surface area contributed by atoms with E-state index in [2.05, 4.69) is 62.8 Å². The van der Waals surface area contributed by atoms with Crippen molar-refractivity contribution in [3.05, 3.63) is 61.8 Å². The summed E-state index contributed by atoms with van der Waals surface area (Å²) in [5.41, 5.74) is 4.67. The number of carbonyl (C=O) groups excluding carboxylic acids is 1. The van der Waals surface area contributed by atoms with Crippen LogP contribution in [0.5, 0.6) is 0 Å². The van der Waals surface area contributed by atoms with Gasteiger partial charge in [-0.25, -0.2) is 0 Å². The molecule has 1 atom stereocenters. The van der Waals surface area contributed by atoms with Gasteiger partial charge >= 0.3 is 229 Å². The topological polar surface area (TPSA) is 88.6 Å². The van der Waals surface area contributed by atoms with E-state index in [0.29, 0.717) is 45.0 Å². The van der Waals surface area contributed by atoms with E-state index in [9.17, 15) is 4.79 Å². The number of nitrogens with zero attached hydrogens (tertiary/aromatic N) is 3. The van der Waals surface area contributed by atoms with E-state index in [1.54, 1.807) is 12.0 Å². The van der Waals surface area contributed by atoms with E-state index in [0.717, 1.165) is 17.8 Å². The normalized spacial score (nSPS) is 17.5. The van der Waals surface area contributed by atoms with Crippen LogP contribution in [0.3, 0.4) is 0 Å². The number of halogens is 1. The van der Waals surface area contributed by atoms with Crippen molar-refractivity contribution in [1.29, 1.82) is 0 Å². The van der Waals surface area contributed by atoms with Gasteiger partial charge in [0.25, 0.3) is 0 Å². The molecule has 8 nitrogen and oxygen atoms in total. The fourth-order valence-electron chi connectivity index (χ4n) is 5.13. The van der Waals surface area contributed by atoms with Gasteiger partial charge in [0.15, 0.2) is 0 Å². The summed E-state index contributed by atoms with van der Waals surface area (Å²) >= 11 is 6.55. The molecule has 4 heterocycles. The first-order valence-corrected chi connectivity index (χ1v) is 14.7.